The van der Waals surface area contributed by atoms with Crippen LogP contribution in [0, 0.1) is 5.21 Å². The van der Waals surface area contributed by atoms with Crippen LogP contribution in [0.1, 0.15) is 0 Å². The first kappa shape index (κ1) is 20.5. The molecule has 0 amide bonds. The van der Waals surface area contributed by atoms with E-state index in [-0.39, 0.29) is 35.3 Å². The summed E-state index contributed by atoms with van der Waals surface area (Å²) >= 11 is 0. The monoisotopic (exact) mass is 411 g/mol. The van der Waals surface area contributed by atoms with Gasteiger partial charge in [-0.05, 0) is 29.2 Å². The maximum atomic E-state index is 12.6. The highest BCUT2D eigenvalue weighted by Gasteiger charge is 2.32. The second kappa shape index (κ2) is 8.74. The minimum Gasteiger partial charge on any atom is -0.497 e. The van der Waals surface area contributed by atoms with E-state index in [1.165, 1.54) is 0 Å². The number of aromatic nitrogens is 2. The number of anilines is 1. The molecule has 0 fully saturated rings. The Morgan fingerprint density at radius 3 is 2.44 bits per heavy atom. The molecule has 1 N–H and O–H groups in total. The molecule has 144 valence electrons. The highest BCUT2D eigenvalue weighted by Crippen LogP contribution is 2.23. The van der Waals surface area contributed by atoms with Crippen molar-refractivity contribution < 1.29 is 22.7 Å². The van der Waals surface area contributed by atoms with Crippen LogP contribution in [-0.2, 0) is 9.84 Å². The fraction of sp³-hybridized carbons (Fsp3) is 0.176. The lowest BCUT2D eigenvalue weighted by Crippen LogP contribution is -2.33. The Morgan fingerprint density at radius 2 is 1.81 bits per heavy atom. The average Bonchev–Trinajstić information content (AvgIpc) is 3.05. The van der Waals surface area contributed by atoms with Crippen LogP contribution in [0.5, 0.6) is 5.75 Å². The van der Waals surface area contributed by atoms with Crippen molar-refractivity contribution in [3.63, 3.8) is 0 Å². The summed E-state index contributed by atoms with van der Waals surface area (Å²) in [5, 5.41) is 17.9. The van der Waals surface area contributed by atoms with Crippen molar-refractivity contribution in [1.29, 1.82) is 0 Å². The molecule has 8 nitrogen and oxygen atoms in total. The van der Waals surface area contributed by atoms with Crippen molar-refractivity contribution in [2.24, 2.45) is 0 Å². The van der Waals surface area contributed by atoms with Gasteiger partial charge in [0.05, 0.1) is 12.9 Å². The third-order valence-electron chi connectivity index (χ3n) is 3.71. The minimum absolute atomic E-state index is 0. The van der Waals surface area contributed by atoms with Gasteiger partial charge in [-0.2, -0.15) is 0 Å². The molecular formula is C17H18ClN3O5S. The fourth-order valence-electron chi connectivity index (χ4n) is 2.41. The Labute approximate surface area is 162 Å². The van der Waals surface area contributed by atoms with E-state index >= 15 is 0 Å². The van der Waals surface area contributed by atoms with Gasteiger partial charge in [-0.3, -0.25) is 4.63 Å². The largest absolute Gasteiger partial charge is 0.497 e. The van der Waals surface area contributed by atoms with Crippen LogP contribution in [0.25, 0.3) is 11.3 Å². The number of hydrogen-bond donors (Lipinski definition) is 1. The summed E-state index contributed by atoms with van der Waals surface area (Å²) in [6.45, 7) is 0.119. The third-order valence-corrected chi connectivity index (χ3v) is 5.38. The number of halogens is 1. The summed E-state index contributed by atoms with van der Waals surface area (Å²) < 4.78 is 34.8. The zero-order chi connectivity index (χ0) is 18.6. The highest BCUT2D eigenvalue weighted by atomic mass is 35.5. The molecule has 0 radical (unpaired) electrons. The number of rotatable bonds is 7. The second-order valence-corrected chi connectivity index (χ2v) is 7.45. The number of sulfone groups is 1. The Morgan fingerprint density at radius 1 is 1.15 bits per heavy atom. The van der Waals surface area contributed by atoms with Gasteiger partial charge in [0.1, 0.15) is 5.75 Å². The second-order valence-electron chi connectivity index (χ2n) is 5.42. The van der Waals surface area contributed by atoms with Crippen LogP contribution in [0.15, 0.2) is 64.3 Å². The Balaban J connectivity index is 0.00000261. The van der Waals surface area contributed by atoms with E-state index < -0.39 is 14.9 Å². The normalized spacial score (nSPS) is 10.9. The predicted molar refractivity (Wildman–Crippen MR) is 102 cm³/mol. The van der Waals surface area contributed by atoms with Crippen LogP contribution in [-0.4, -0.2) is 33.0 Å². The molecule has 0 atom stereocenters. The Hall–Kier alpha value is -2.78. The van der Waals surface area contributed by atoms with Crippen LogP contribution in [0.2, 0.25) is 0 Å². The van der Waals surface area contributed by atoms with Crippen LogP contribution >= 0.6 is 12.4 Å². The Kier molecular flexibility index (Phi) is 6.65. The van der Waals surface area contributed by atoms with E-state index in [4.69, 9.17) is 4.74 Å². The summed E-state index contributed by atoms with van der Waals surface area (Å²) in [5.41, 5.74) is 1.24. The molecule has 0 aliphatic heterocycles. The van der Waals surface area contributed by atoms with Gasteiger partial charge in [0, 0.05) is 23.0 Å². The van der Waals surface area contributed by atoms with Gasteiger partial charge >= 0.3 is 5.03 Å². The first-order valence-corrected chi connectivity index (χ1v) is 9.42. The SMILES string of the molecule is COc1ccc(NCCS(=O)(=O)c2c(-c3ccccc3)no[n+]2[O-])cc1.Cl. The molecule has 0 saturated heterocycles. The molecule has 1 aromatic heterocycles. The van der Waals surface area contributed by atoms with Crippen molar-refractivity contribution in [2.45, 2.75) is 5.03 Å². The molecule has 1 heterocycles. The fourth-order valence-corrected chi connectivity index (χ4v) is 3.68. The van der Waals surface area contributed by atoms with Crippen LogP contribution in [0.4, 0.5) is 5.69 Å². The lowest BCUT2D eigenvalue weighted by atomic mass is 10.2. The van der Waals surface area contributed by atoms with Crippen molar-refractivity contribution in [3.05, 3.63) is 59.8 Å². The summed E-state index contributed by atoms with van der Waals surface area (Å²) in [5.74, 6) is 0.412. The predicted octanol–water partition coefficient (Wildman–Crippen LogP) is 2.29. The van der Waals surface area contributed by atoms with Crippen LogP contribution in [0.3, 0.4) is 0 Å². The van der Waals surface area contributed by atoms with Gasteiger partial charge in [-0.1, -0.05) is 30.3 Å². The molecule has 10 heteroatoms. The first-order chi connectivity index (χ1) is 12.5. The van der Waals surface area contributed by atoms with Crippen molar-refractivity contribution in [2.75, 3.05) is 24.7 Å². The lowest BCUT2D eigenvalue weighted by Gasteiger charge is -2.07. The lowest BCUT2D eigenvalue weighted by molar-refractivity contribution is -0.832. The number of methoxy groups -OCH3 is 1. The molecule has 27 heavy (non-hydrogen) atoms. The molecule has 3 rings (SSSR count). The number of nitrogens with zero attached hydrogens (tertiary/aromatic N) is 2. The molecular weight excluding hydrogens is 394 g/mol. The van der Waals surface area contributed by atoms with Gasteiger partial charge in [0.2, 0.25) is 9.84 Å². The molecule has 0 saturated carbocycles. The van der Waals surface area contributed by atoms with E-state index in [0.29, 0.717) is 11.3 Å². The molecule has 3 aromatic rings. The van der Waals surface area contributed by atoms with Gasteiger partial charge in [0.25, 0.3) is 5.69 Å². The smallest absolute Gasteiger partial charge is 0.316 e. The summed E-state index contributed by atoms with van der Waals surface area (Å²) in [7, 11) is -2.34. The van der Waals surface area contributed by atoms with Crippen molar-refractivity contribution in [1.82, 2.24) is 5.16 Å². The van der Waals surface area contributed by atoms with Gasteiger partial charge in [0.15, 0.2) is 0 Å². The number of benzene rings is 2. The standard InChI is InChI=1S/C17H17N3O5S.ClH/c1-24-15-9-7-14(8-10-15)18-11-12-26(22,23)17-16(19-25-20(17)21)13-5-3-2-4-6-13;/h2-10,18H,11-12H2,1H3;1H. The zero-order valence-corrected chi connectivity index (χ0v) is 16.0. The minimum atomic E-state index is -3.90. The topological polar surface area (TPSA) is 108 Å². The number of ether oxygens (including phenoxy) is 1. The van der Waals surface area contributed by atoms with Crippen molar-refractivity contribution in [3.8, 4) is 17.0 Å². The average molecular weight is 412 g/mol. The van der Waals surface area contributed by atoms with E-state index in [9.17, 15) is 13.6 Å². The molecule has 0 aliphatic rings. The molecule has 0 spiro atoms. The van der Waals surface area contributed by atoms with E-state index in [1.54, 1.807) is 61.7 Å². The van der Waals surface area contributed by atoms with Crippen LogP contribution < -0.4 is 15.0 Å². The highest BCUT2D eigenvalue weighted by molar-refractivity contribution is 7.91. The quantitative estimate of drug-likeness (QED) is 0.594. The first-order valence-electron chi connectivity index (χ1n) is 7.77. The van der Waals surface area contributed by atoms with E-state index in [2.05, 4.69) is 15.1 Å². The molecule has 0 aliphatic carbocycles. The Bertz CT molecular complexity index is 976. The molecule has 0 bridgehead atoms. The van der Waals surface area contributed by atoms with Gasteiger partial charge in [-0.25, -0.2) is 8.42 Å². The molecule has 0 unspecified atom stereocenters. The number of hydrogen-bond acceptors (Lipinski definition) is 7. The maximum absolute atomic E-state index is 12.6. The summed E-state index contributed by atoms with van der Waals surface area (Å²) in [4.78, 5) is -0.0644. The van der Waals surface area contributed by atoms with Gasteiger partial charge < -0.3 is 15.3 Å². The van der Waals surface area contributed by atoms with E-state index in [1.807, 2.05) is 0 Å². The summed E-state index contributed by atoms with van der Waals surface area (Å²) in [6, 6.07) is 15.6. The number of nitrogens with one attached hydrogen (secondary N) is 1. The summed E-state index contributed by atoms with van der Waals surface area (Å²) in [6.07, 6.45) is 0. The van der Waals surface area contributed by atoms with Crippen molar-refractivity contribution >= 4 is 27.9 Å². The van der Waals surface area contributed by atoms with E-state index in [0.717, 1.165) is 5.69 Å². The zero-order valence-electron chi connectivity index (χ0n) is 14.4. The maximum Gasteiger partial charge on any atom is 0.316 e. The van der Waals surface area contributed by atoms with Gasteiger partial charge in [-0.15, -0.1) is 12.4 Å². The molecule has 2 aromatic carbocycles. The third kappa shape index (κ3) is 4.69.